The van der Waals surface area contributed by atoms with Crippen LogP contribution in [0, 0.1) is 0 Å². The van der Waals surface area contributed by atoms with Gasteiger partial charge >= 0.3 is 0 Å². The zero-order valence-electron chi connectivity index (χ0n) is 13.5. The van der Waals surface area contributed by atoms with Crippen LogP contribution in [0.4, 0.5) is 5.82 Å². The molecule has 24 heavy (non-hydrogen) atoms. The minimum atomic E-state index is 0.461. The maximum atomic E-state index is 4.45. The Bertz CT molecular complexity index is 648. The predicted molar refractivity (Wildman–Crippen MR) is 95.4 cm³/mol. The van der Waals surface area contributed by atoms with E-state index in [0.717, 1.165) is 61.8 Å². The van der Waals surface area contributed by atoms with Crippen molar-refractivity contribution in [2.24, 2.45) is 0 Å². The van der Waals surface area contributed by atoms with Crippen molar-refractivity contribution in [2.75, 3.05) is 36.8 Å². The second-order valence-corrected chi connectivity index (χ2v) is 7.33. The molecule has 130 valence electrons. The SMILES string of the molecule is c1nc(N2CCC(NCCSC3CNNN3)CC2)c2[nH]cnc2n1. The molecule has 2 fully saturated rings. The Morgan fingerprint density at radius 1 is 1.25 bits per heavy atom. The molecule has 5 N–H and O–H groups in total. The Morgan fingerprint density at radius 2 is 2.17 bits per heavy atom. The van der Waals surface area contributed by atoms with Gasteiger partial charge in [-0.3, -0.25) is 0 Å². The second-order valence-electron chi connectivity index (χ2n) is 6.02. The molecule has 0 radical (unpaired) electrons. The molecule has 0 bridgehead atoms. The van der Waals surface area contributed by atoms with E-state index >= 15 is 0 Å². The van der Waals surface area contributed by atoms with Gasteiger partial charge in [0.05, 0.1) is 11.7 Å². The first-order valence-corrected chi connectivity index (χ1v) is 9.42. The molecule has 4 heterocycles. The Labute approximate surface area is 144 Å². The molecule has 0 aromatic carbocycles. The number of rotatable bonds is 6. The van der Waals surface area contributed by atoms with Crippen LogP contribution in [-0.2, 0) is 0 Å². The molecule has 1 unspecified atom stereocenters. The van der Waals surface area contributed by atoms with Gasteiger partial charge in [0.25, 0.3) is 0 Å². The van der Waals surface area contributed by atoms with Gasteiger partial charge in [0.2, 0.25) is 0 Å². The zero-order chi connectivity index (χ0) is 16.2. The van der Waals surface area contributed by atoms with Gasteiger partial charge in [0.1, 0.15) is 11.8 Å². The van der Waals surface area contributed by atoms with Crippen molar-refractivity contribution < 1.29 is 0 Å². The number of piperidine rings is 1. The molecular weight excluding hydrogens is 326 g/mol. The number of thioether (sulfide) groups is 1. The van der Waals surface area contributed by atoms with Crippen LogP contribution in [0.2, 0.25) is 0 Å². The third-order valence-corrected chi connectivity index (χ3v) is 5.59. The van der Waals surface area contributed by atoms with Gasteiger partial charge in [-0.05, 0) is 12.8 Å². The van der Waals surface area contributed by atoms with E-state index in [0.29, 0.717) is 11.4 Å². The van der Waals surface area contributed by atoms with E-state index in [1.54, 1.807) is 12.7 Å². The van der Waals surface area contributed by atoms with E-state index in [2.05, 4.69) is 46.5 Å². The van der Waals surface area contributed by atoms with Gasteiger partial charge in [0, 0.05) is 38.0 Å². The molecule has 0 aliphatic carbocycles. The summed E-state index contributed by atoms with van der Waals surface area (Å²) in [6.45, 7) is 4.03. The Balaban J connectivity index is 1.22. The van der Waals surface area contributed by atoms with Crippen LogP contribution in [0.3, 0.4) is 0 Å². The number of hydrogen-bond acceptors (Lipinski definition) is 9. The minimum Gasteiger partial charge on any atom is -0.355 e. The summed E-state index contributed by atoms with van der Waals surface area (Å²) in [6.07, 6.45) is 5.55. The fourth-order valence-electron chi connectivity index (χ4n) is 3.18. The summed E-state index contributed by atoms with van der Waals surface area (Å²) in [5.41, 5.74) is 10.9. The van der Waals surface area contributed by atoms with E-state index in [9.17, 15) is 0 Å². The summed E-state index contributed by atoms with van der Waals surface area (Å²) >= 11 is 1.94. The number of imidazole rings is 1. The number of hydrazine groups is 2. The van der Waals surface area contributed by atoms with Crippen molar-refractivity contribution in [1.29, 1.82) is 0 Å². The number of aromatic nitrogens is 4. The number of fused-ring (bicyclic) bond motifs is 1. The van der Waals surface area contributed by atoms with E-state index in [1.165, 1.54) is 0 Å². The number of nitrogens with zero attached hydrogens (tertiary/aromatic N) is 4. The summed E-state index contributed by atoms with van der Waals surface area (Å²) in [6, 6.07) is 0.591. The van der Waals surface area contributed by atoms with Crippen molar-refractivity contribution in [3.05, 3.63) is 12.7 Å². The van der Waals surface area contributed by atoms with Crippen LogP contribution < -0.4 is 26.6 Å². The average molecular weight is 349 g/mol. The van der Waals surface area contributed by atoms with Crippen molar-refractivity contribution in [3.8, 4) is 0 Å². The van der Waals surface area contributed by atoms with Gasteiger partial charge < -0.3 is 15.2 Å². The first kappa shape index (κ1) is 16.0. The van der Waals surface area contributed by atoms with Gasteiger partial charge in [0.15, 0.2) is 11.5 Å². The molecule has 10 heteroatoms. The standard InChI is InChI=1S/C14H23N9S/c1-4-23(14-12-13(17-8-16-12)18-9-19-14)5-2-10(1)15-3-6-24-11-7-20-22-21-11/h8-11,15,20-22H,1-7H2,(H,16,17,18,19). The summed E-state index contributed by atoms with van der Waals surface area (Å²) in [5.74, 6) is 2.08. The minimum absolute atomic E-state index is 0.461. The highest BCUT2D eigenvalue weighted by atomic mass is 32.2. The van der Waals surface area contributed by atoms with Gasteiger partial charge in [-0.2, -0.15) is 5.53 Å². The smallest absolute Gasteiger partial charge is 0.182 e. The van der Waals surface area contributed by atoms with Crippen LogP contribution in [-0.4, -0.2) is 63.3 Å². The molecule has 2 aliphatic rings. The molecule has 2 aromatic rings. The third-order valence-electron chi connectivity index (χ3n) is 4.46. The van der Waals surface area contributed by atoms with Gasteiger partial charge in [-0.15, -0.1) is 11.8 Å². The summed E-state index contributed by atoms with van der Waals surface area (Å²) in [4.78, 5) is 18.3. The van der Waals surface area contributed by atoms with Crippen molar-refractivity contribution in [2.45, 2.75) is 24.3 Å². The number of H-pyrrole nitrogens is 1. The quantitative estimate of drug-likeness (QED) is 0.445. The van der Waals surface area contributed by atoms with Gasteiger partial charge in [-0.25, -0.2) is 25.8 Å². The van der Waals surface area contributed by atoms with Crippen LogP contribution in [0.25, 0.3) is 11.2 Å². The monoisotopic (exact) mass is 349 g/mol. The third kappa shape index (κ3) is 3.62. The molecule has 0 saturated carbocycles. The fraction of sp³-hybridized carbons (Fsp3) is 0.643. The summed E-state index contributed by atoms with van der Waals surface area (Å²) in [7, 11) is 0. The molecule has 2 aliphatic heterocycles. The molecular formula is C14H23N9S. The van der Waals surface area contributed by atoms with E-state index in [4.69, 9.17) is 0 Å². The van der Waals surface area contributed by atoms with E-state index < -0.39 is 0 Å². The van der Waals surface area contributed by atoms with E-state index in [1.807, 2.05) is 11.8 Å². The average Bonchev–Trinajstić information content (AvgIpc) is 3.30. The van der Waals surface area contributed by atoms with Gasteiger partial charge in [-0.1, -0.05) is 0 Å². The molecule has 0 amide bonds. The number of anilines is 1. The first-order chi connectivity index (χ1) is 11.9. The maximum absolute atomic E-state index is 4.45. The Hall–Kier alpha value is -1.46. The van der Waals surface area contributed by atoms with Crippen LogP contribution in [0.5, 0.6) is 0 Å². The fourth-order valence-corrected chi connectivity index (χ4v) is 4.04. The van der Waals surface area contributed by atoms with E-state index in [-0.39, 0.29) is 0 Å². The number of nitrogens with one attached hydrogen (secondary N) is 5. The molecule has 4 rings (SSSR count). The highest BCUT2D eigenvalue weighted by Crippen LogP contribution is 2.23. The molecule has 0 spiro atoms. The van der Waals surface area contributed by atoms with Crippen molar-refractivity contribution in [3.63, 3.8) is 0 Å². The van der Waals surface area contributed by atoms with Crippen molar-refractivity contribution in [1.82, 2.24) is 41.6 Å². The Morgan fingerprint density at radius 3 is 3.00 bits per heavy atom. The molecule has 2 aromatic heterocycles. The predicted octanol–water partition coefficient (Wildman–Crippen LogP) is -0.417. The lowest BCUT2D eigenvalue weighted by Crippen LogP contribution is -2.43. The summed E-state index contributed by atoms with van der Waals surface area (Å²) in [5, 5.41) is 4.14. The highest BCUT2D eigenvalue weighted by molar-refractivity contribution is 7.99. The Kier molecular flexibility index (Phi) is 5.09. The lowest BCUT2D eigenvalue weighted by atomic mass is 10.1. The lowest BCUT2D eigenvalue weighted by Gasteiger charge is -2.33. The first-order valence-electron chi connectivity index (χ1n) is 8.37. The molecule has 1 atom stereocenters. The summed E-state index contributed by atoms with van der Waals surface area (Å²) < 4.78 is 0. The van der Waals surface area contributed by atoms with Crippen LogP contribution >= 0.6 is 11.8 Å². The maximum Gasteiger partial charge on any atom is 0.182 e. The second kappa shape index (κ2) is 7.62. The molecule has 2 saturated heterocycles. The number of aromatic amines is 1. The van der Waals surface area contributed by atoms with Crippen LogP contribution in [0.15, 0.2) is 12.7 Å². The number of hydrogen-bond donors (Lipinski definition) is 5. The van der Waals surface area contributed by atoms with Crippen molar-refractivity contribution >= 4 is 28.7 Å². The normalized spacial score (nSPS) is 22.5. The van der Waals surface area contributed by atoms with Crippen LogP contribution in [0.1, 0.15) is 12.8 Å². The largest absolute Gasteiger partial charge is 0.355 e. The molecule has 9 nitrogen and oxygen atoms in total. The lowest BCUT2D eigenvalue weighted by molar-refractivity contribution is 0.424. The highest BCUT2D eigenvalue weighted by Gasteiger charge is 2.22. The zero-order valence-corrected chi connectivity index (χ0v) is 14.3. The topological polar surface area (TPSA) is 106 Å².